The van der Waals surface area contributed by atoms with E-state index in [0.29, 0.717) is 0 Å². The van der Waals surface area contributed by atoms with Gasteiger partial charge in [0.25, 0.3) is 0 Å². The minimum absolute atomic E-state index is 0.860. The van der Waals surface area contributed by atoms with Gasteiger partial charge < -0.3 is 13.9 Å². The highest BCUT2D eigenvalue weighted by molar-refractivity contribution is 6.16. The van der Waals surface area contributed by atoms with Crippen LogP contribution in [0.5, 0.6) is 0 Å². The molecule has 3 heteroatoms. The molecule has 0 saturated heterocycles. The van der Waals surface area contributed by atoms with Gasteiger partial charge >= 0.3 is 0 Å². The first-order valence-corrected chi connectivity index (χ1v) is 18.1. The summed E-state index contributed by atoms with van der Waals surface area (Å²) in [6, 6.07) is 69.8. The summed E-state index contributed by atoms with van der Waals surface area (Å²) in [5.41, 5.74) is 10.7. The van der Waals surface area contributed by atoms with E-state index in [1.807, 2.05) is 0 Å². The Labute approximate surface area is 306 Å². The highest BCUT2D eigenvalue weighted by Gasteiger charge is 2.23. The van der Waals surface area contributed by atoms with Gasteiger partial charge in [-0.1, -0.05) is 127 Å². The second-order valence-corrected chi connectivity index (χ2v) is 13.8. The molecule has 11 aromatic rings. The molecule has 0 unspecified atom stereocenters. The Morgan fingerprint density at radius 1 is 0.377 bits per heavy atom. The molecule has 0 atom stereocenters. The van der Waals surface area contributed by atoms with E-state index in [4.69, 9.17) is 4.42 Å². The van der Waals surface area contributed by atoms with Crippen LogP contribution < -0.4 is 4.90 Å². The van der Waals surface area contributed by atoms with E-state index in [9.17, 15) is 0 Å². The molecule has 2 heterocycles. The van der Waals surface area contributed by atoms with Gasteiger partial charge in [0.15, 0.2) is 5.58 Å². The number of para-hydroxylation sites is 3. The molecule has 0 aliphatic carbocycles. The van der Waals surface area contributed by atoms with Crippen LogP contribution in [0.15, 0.2) is 199 Å². The molecule has 0 amide bonds. The Kier molecular flexibility index (Phi) is 6.55. The van der Waals surface area contributed by atoms with E-state index in [0.717, 1.165) is 61.2 Å². The SMILES string of the molecule is c1ccc(-c2cc(N(c3ccc4c(c3)c3ccccc3n4-c3ccccc3)c3cccc4c3oc3cc5ccccc5cc34)c3ccccc3c2)cc1. The van der Waals surface area contributed by atoms with E-state index in [1.165, 1.54) is 38.0 Å². The van der Waals surface area contributed by atoms with Crippen LogP contribution >= 0.6 is 0 Å². The quantitative estimate of drug-likeness (QED) is 0.181. The maximum absolute atomic E-state index is 6.92. The molecule has 0 N–H and O–H groups in total. The number of benzene rings is 9. The maximum Gasteiger partial charge on any atom is 0.159 e. The number of aromatic nitrogens is 1. The molecule has 0 aliphatic rings. The van der Waals surface area contributed by atoms with Crippen molar-refractivity contribution < 1.29 is 4.42 Å². The molecule has 0 fully saturated rings. The van der Waals surface area contributed by atoms with Gasteiger partial charge in [-0.25, -0.2) is 0 Å². The topological polar surface area (TPSA) is 21.3 Å². The zero-order chi connectivity index (χ0) is 34.9. The number of rotatable bonds is 5. The van der Waals surface area contributed by atoms with Crippen molar-refractivity contribution in [1.29, 1.82) is 0 Å². The fraction of sp³-hybridized carbons (Fsp3) is 0. The fourth-order valence-electron chi connectivity index (χ4n) is 8.28. The van der Waals surface area contributed by atoms with Crippen LogP contribution in [0.25, 0.3) is 82.1 Å². The molecule has 11 rings (SSSR count). The highest BCUT2D eigenvalue weighted by atomic mass is 16.3. The van der Waals surface area contributed by atoms with Gasteiger partial charge in [0.1, 0.15) is 5.58 Å². The number of hydrogen-bond acceptors (Lipinski definition) is 2. The molecule has 248 valence electrons. The molecular formula is C50H32N2O. The summed E-state index contributed by atoms with van der Waals surface area (Å²) in [6.45, 7) is 0. The molecule has 9 aromatic carbocycles. The summed E-state index contributed by atoms with van der Waals surface area (Å²) in [5, 5.41) is 9.33. The average molecular weight is 677 g/mol. The Morgan fingerprint density at radius 2 is 1.04 bits per heavy atom. The van der Waals surface area contributed by atoms with Crippen molar-refractivity contribution in [3.05, 3.63) is 194 Å². The molecule has 0 saturated carbocycles. The largest absolute Gasteiger partial charge is 0.454 e. The van der Waals surface area contributed by atoms with Gasteiger partial charge in [0.05, 0.1) is 22.4 Å². The Morgan fingerprint density at radius 3 is 1.87 bits per heavy atom. The van der Waals surface area contributed by atoms with E-state index in [2.05, 4.69) is 204 Å². The molecule has 2 aromatic heterocycles. The van der Waals surface area contributed by atoms with Gasteiger partial charge in [0, 0.05) is 38.3 Å². The highest BCUT2D eigenvalue weighted by Crippen LogP contribution is 2.47. The Balaban J connectivity index is 1.24. The third-order valence-electron chi connectivity index (χ3n) is 10.7. The number of nitrogens with zero attached hydrogens (tertiary/aromatic N) is 2. The summed E-state index contributed by atoms with van der Waals surface area (Å²) >= 11 is 0. The minimum Gasteiger partial charge on any atom is -0.454 e. The lowest BCUT2D eigenvalue weighted by molar-refractivity contribution is 0.669. The monoisotopic (exact) mass is 676 g/mol. The van der Waals surface area contributed by atoms with E-state index in [1.54, 1.807) is 0 Å². The third-order valence-corrected chi connectivity index (χ3v) is 10.7. The predicted molar refractivity (Wildman–Crippen MR) is 223 cm³/mol. The Hall–Kier alpha value is -7.10. The van der Waals surface area contributed by atoms with Crippen molar-refractivity contribution >= 4 is 82.4 Å². The van der Waals surface area contributed by atoms with Crippen molar-refractivity contribution in [2.24, 2.45) is 0 Å². The third kappa shape index (κ3) is 4.68. The second-order valence-electron chi connectivity index (χ2n) is 13.8. The van der Waals surface area contributed by atoms with Crippen LogP contribution in [0.4, 0.5) is 17.1 Å². The smallest absolute Gasteiger partial charge is 0.159 e. The van der Waals surface area contributed by atoms with Crippen LogP contribution in [0.2, 0.25) is 0 Å². The maximum atomic E-state index is 6.92. The molecular weight excluding hydrogens is 645 g/mol. The summed E-state index contributed by atoms with van der Waals surface area (Å²) < 4.78 is 9.29. The summed E-state index contributed by atoms with van der Waals surface area (Å²) in [4.78, 5) is 2.41. The van der Waals surface area contributed by atoms with Crippen LogP contribution in [-0.4, -0.2) is 4.57 Å². The molecule has 0 bridgehead atoms. The summed E-state index contributed by atoms with van der Waals surface area (Å²) in [7, 11) is 0. The van der Waals surface area contributed by atoms with Gasteiger partial charge in [-0.2, -0.15) is 0 Å². The fourth-order valence-corrected chi connectivity index (χ4v) is 8.28. The van der Waals surface area contributed by atoms with Crippen molar-refractivity contribution in [3.63, 3.8) is 0 Å². The lowest BCUT2D eigenvalue weighted by Gasteiger charge is -2.28. The average Bonchev–Trinajstić information content (AvgIpc) is 3.76. The standard InChI is InChI=1S/C50H32N2O/c1-3-14-33(15-4-1)37-28-36-18-9-10-21-40(36)48(30-37)52(47-25-13-23-42-44-29-34-16-7-8-17-35(34)31-49(44)53-50(42)47)39-26-27-46-43(32-39)41-22-11-12-24-45(41)51(46)38-19-5-2-6-20-38/h1-32H. The second kappa shape index (κ2) is 11.7. The van der Waals surface area contributed by atoms with Gasteiger partial charge in [-0.05, 0) is 94.0 Å². The van der Waals surface area contributed by atoms with E-state index in [-0.39, 0.29) is 0 Å². The van der Waals surface area contributed by atoms with E-state index < -0.39 is 0 Å². The van der Waals surface area contributed by atoms with Crippen molar-refractivity contribution in [3.8, 4) is 16.8 Å². The van der Waals surface area contributed by atoms with Gasteiger partial charge in [-0.3, -0.25) is 0 Å². The van der Waals surface area contributed by atoms with Crippen LogP contribution in [0.3, 0.4) is 0 Å². The zero-order valence-corrected chi connectivity index (χ0v) is 28.8. The van der Waals surface area contributed by atoms with E-state index >= 15 is 0 Å². The van der Waals surface area contributed by atoms with Crippen LogP contribution in [-0.2, 0) is 0 Å². The zero-order valence-electron chi connectivity index (χ0n) is 28.8. The molecule has 0 radical (unpaired) electrons. The minimum atomic E-state index is 0.860. The van der Waals surface area contributed by atoms with Crippen molar-refractivity contribution in [1.82, 2.24) is 4.57 Å². The van der Waals surface area contributed by atoms with Crippen molar-refractivity contribution in [2.45, 2.75) is 0 Å². The molecule has 53 heavy (non-hydrogen) atoms. The number of furan rings is 1. The Bertz CT molecular complexity index is 3170. The number of hydrogen-bond donors (Lipinski definition) is 0. The lowest BCUT2D eigenvalue weighted by Crippen LogP contribution is -2.11. The first kappa shape index (κ1) is 29.6. The first-order chi connectivity index (χ1) is 26.3. The van der Waals surface area contributed by atoms with Crippen molar-refractivity contribution in [2.75, 3.05) is 4.90 Å². The first-order valence-electron chi connectivity index (χ1n) is 18.1. The van der Waals surface area contributed by atoms with Gasteiger partial charge in [0.2, 0.25) is 0 Å². The lowest BCUT2D eigenvalue weighted by atomic mass is 9.98. The van der Waals surface area contributed by atoms with Crippen LogP contribution in [0, 0.1) is 0 Å². The number of anilines is 3. The van der Waals surface area contributed by atoms with Crippen LogP contribution in [0.1, 0.15) is 0 Å². The number of fused-ring (bicyclic) bond motifs is 8. The molecule has 3 nitrogen and oxygen atoms in total. The molecule has 0 aliphatic heterocycles. The van der Waals surface area contributed by atoms with Gasteiger partial charge in [-0.15, -0.1) is 0 Å². The predicted octanol–water partition coefficient (Wildman–Crippen LogP) is 14.1. The normalized spacial score (nSPS) is 11.8. The molecule has 0 spiro atoms. The summed E-state index contributed by atoms with van der Waals surface area (Å²) in [5.74, 6) is 0. The summed E-state index contributed by atoms with van der Waals surface area (Å²) in [6.07, 6.45) is 0.